The number of hydrogen-bond donors (Lipinski definition) is 2. The third-order valence-corrected chi connectivity index (χ3v) is 23.5. The molecule has 0 bridgehead atoms. The Labute approximate surface area is 581 Å². The first-order valence-electron chi connectivity index (χ1n) is 32.5. The first-order valence-corrected chi connectivity index (χ1v) is 41.2. The molecule has 0 amide bonds. The summed E-state index contributed by atoms with van der Waals surface area (Å²) in [6.07, 6.45) is 3.62. The Balaban J connectivity index is 0.000000236. The maximum absolute atomic E-state index is 11.4. The van der Waals surface area contributed by atoms with Crippen LogP contribution in [-0.4, -0.2) is 48.8 Å². The van der Waals surface area contributed by atoms with Crippen LogP contribution >= 0.6 is 22.7 Å². The zero-order chi connectivity index (χ0) is 67.6. The van der Waals surface area contributed by atoms with Crippen LogP contribution in [0, 0.1) is 6.07 Å². The van der Waals surface area contributed by atoms with Crippen LogP contribution in [0.3, 0.4) is 0 Å². The SMILES string of the molecule is CC(C)(C)c1cc(C=Nc2ccccc2-c2nc3c(-c4[c-]cc([Si](C)(C)C)cc4)cc(C(C)(C)C)cc3s2)c(O)c(C(C)(C)C)c1.CC(C)(C)c1cc(C=Nc2ccccc2-c2nc3c(-c4ccc([Si](C)(C)C)cc4)cc(C(C)(C)C)cc3s2)c(O)c(C(C)(C)C)c1.[Pt]. The molecule has 0 aliphatic rings. The van der Waals surface area contributed by atoms with Crippen LogP contribution in [0.15, 0.2) is 150 Å². The van der Waals surface area contributed by atoms with E-state index in [2.05, 4.69) is 273 Å². The summed E-state index contributed by atoms with van der Waals surface area (Å²) < 4.78 is 2.33. The minimum Gasteiger partial charge on any atom is -0.507 e. The number of aromatic nitrogens is 2. The summed E-state index contributed by atoms with van der Waals surface area (Å²) in [5, 5.41) is 27.5. The van der Waals surface area contributed by atoms with Crippen LogP contribution in [-0.2, 0) is 53.6 Å². The molecule has 10 aromatic rings. The topological polar surface area (TPSA) is 91.0 Å². The summed E-state index contributed by atoms with van der Waals surface area (Å²) in [6.45, 7) is 53.9. The monoisotopic (exact) mass is 1490 g/mol. The molecule has 2 N–H and O–H groups in total. The Morgan fingerprint density at radius 3 is 1.14 bits per heavy atom. The van der Waals surface area contributed by atoms with Crippen molar-refractivity contribution in [2.45, 2.75) is 196 Å². The predicted octanol–water partition coefficient (Wildman–Crippen LogP) is 22.8. The summed E-state index contributed by atoms with van der Waals surface area (Å²) >= 11 is 3.43. The van der Waals surface area contributed by atoms with Gasteiger partial charge < -0.3 is 10.2 Å². The van der Waals surface area contributed by atoms with Gasteiger partial charge in [0.05, 0.1) is 29.7 Å². The number of benzene rings is 8. The van der Waals surface area contributed by atoms with Gasteiger partial charge in [0, 0.05) is 90.7 Å². The van der Waals surface area contributed by atoms with Crippen molar-refractivity contribution in [2.75, 3.05) is 0 Å². The Morgan fingerprint density at radius 2 is 0.774 bits per heavy atom. The Hall–Kier alpha value is -6.40. The van der Waals surface area contributed by atoms with Gasteiger partial charge in [-0.1, -0.05) is 241 Å². The molecule has 0 fully saturated rings. The van der Waals surface area contributed by atoms with E-state index in [4.69, 9.17) is 20.0 Å². The molecule has 0 aliphatic heterocycles. The first kappa shape index (κ1) is 72.4. The van der Waals surface area contributed by atoms with Crippen LogP contribution in [0.5, 0.6) is 11.5 Å². The molecule has 11 heteroatoms. The number of hydrogen-bond acceptors (Lipinski definition) is 8. The Bertz CT molecular complexity index is 4140. The van der Waals surface area contributed by atoms with Gasteiger partial charge in [0.15, 0.2) is 0 Å². The van der Waals surface area contributed by atoms with Crippen molar-refractivity contribution >= 4 is 93.4 Å². The molecule has 2 aromatic heterocycles. The van der Waals surface area contributed by atoms with Gasteiger partial charge in [0.2, 0.25) is 0 Å². The maximum Gasteiger partial charge on any atom is 0.128 e. The summed E-state index contributed by atoms with van der Waals surface area (Å²) in [7, 11) is -2.84. The standard InChI is InChI=1S/C41H50N2OSSi.C41H49N2OSSi.Pt/c2*1-39(2,3)28-21-27(37(44)33(23-28)41(7,8)9)25-42-34-16-14-13-15-31(34)38-43-36-32(22-29(40(4,5)6)24-35(36)45-38)26-17-19-30(20-18-26)46(10,11)12;/h13-25,44H,1-12H3;13-17,19-25,44H,1-12H3;/q;-1;. The third kappa shape index (κ3) is 16.6. The van der Waals surface area contributed by atoms with Crippen molar-refractivity contribution in [3.8, 4) is 54.9 Å². The minimum atomic E-state index is -1.43. The second-order valence-corrected chi connectivity index (χ2v) is 45.5. The number of phenolic OH excluding ortho intramolecular Hbond substituents is 2. The molecule has 10 rings (SSSR count). The number of rotatable bonds is 10. The van der Waals surface area contributed by atoms with E-state index < -0.39 is 16.1 Å². The van der Waals surface area contributed by atoms with Crippen LogP contribution in [0.2, 0.25) is 39.3 Å². The zero-order valence-electron chi connectivity index (χ0n) is 59.7. The van der Waals surface area contributed by atoms with Gasteiger partial charge in [-0.3, -0.25) is 9.98 Å². The molecule has 0 radical (unpaired) electrons. The van der Waals surface area contributed by atoms with E-state index in [1.807, 2.05) is 48.8 Å². The molecule has 0 unspecified atom stereocenters. The summed E-state index contributed by atoms with van der Waals surface area (Å²) in [4.78, 5) is 20.5. The summed E-state index contributed by atoms with van der Waals surface area (Å²) in [5.74, 6) is 0.582. The number of fused-ring (bicyclic) bond motifs is 2. The van der Waals surface area contributed by atoms with E-state index in [0.717, 1.165) is 81.6 Å². The fourth-order valence-corrected chi connectivity index (χ4v) is 15.5. The van der Waals surface area contributed by atoms with Crippen molar-refractivity contribution in [3.63, 3.8) is 0 Å². The fraction of sp³-hybridized carbons (Fsp3) is 0.366. The molecule has 0 atom stereocenters. The van der Waals surface area contributed by atoms with Crippen molar-refractivity contribution in [3.05, 3.63) is 190 Å². The van der Waals surface area contributed by atoms with Crippen molar-refractivity contribution in [2.24, 2.45) is 9.98 Å². The van der Waals surface area contributed by atoms with E-state index in [1.54, 1.807) is 22.7 Å². The van der Waals surface area contributed by atoms with Crippen molar-refractivity contribution in [1.29, 1.82) is 0 Å². The average molecular weight is 1490 g/mol. The van der Waals surface area contributed by atoms with Gasteiger partial charge in [0.25, 0.3) is 0 Å². The second kappa shape index (κ2) is 26.7. The fourth-order valence-electron chi connectivity index (χ4n) is 11.1. The van der Waals surface area contributed by atoms with Crippen molar-refractivity contribution < 1.29 is 31.3 Å². The molecule has 93 heavy (non-hydrogen) atoms. The predicted molar refractivity (Wildman–Crippen MR) is 409 cm³/mol. The summed E-state index contributed by atoms with van der Waals surface area (Å²) in [6, 6.07) is 53.5. The van der Waals surface area contributed by atoms with Gasteiger partial charge in [-0.2, -0.15) is 0 Å². The summed E-state index contributed by atoms with van der Waals surface area (Å²) in [5.41, 5.74) is 17.9. The van der Waals surface area contributed by atoms with E-state index >= 15 is 0 Å². The number of thiazole rings is 2. The molecule has 8 aromatic carbocycles. The van der Waals surface area contributed by atoms with Crippen molar-refractivity contribution in [1.82, 2.24) is 9.97 Å². The Kier molecular flexibility index (Phi) is 20.8. The van der Waals surface area contributed by atoms with Gasteiger partial charge in [-0.15, -0.1) is 57.7 Å². The van der Waals surface area contributed by atoms with Crippen LogP contribution in [0.4, 0.5) is 11.4 Å². The zero-order valence-corrected chi connectivity index (χ0v) is 65.7. The number of aromatic hydroxyl groups is 2. The van der Waals surface area contributed by atoms with E-state index in [9.17, 15) is 10.2 Å². The van der Waals surface area contributed by atoms with Gasteiger partial charge in [-0.25, -0.2) is 9.97 Å². The van der Waals surface area contributed by atoms with Crippen LogP contribution < -0.4 is 10.4 Å². The molecule has 0 aliphatic carbocycles. The van der Waals surface area contributed by atoms with Crippen LogP contribution in [0.1, 0.15) is 169 Å². The number of aliphatic imine (C=N–C) groups is 2. The van der Waals surface area contributed by atoms with Gasteiger partial charge >= 0.3 is 0 Å². The molecule has 6 nitrogen and oxygen atoms in total. The molecule has 0 saturated carbocycles. The average Bonchev–Trinajstić information content (AvgIpc) is 1.68. The van der Waals surface area contributed by atoms with Crippen LogP contribution in [0.25, 0.3) is 63.8 Å². The van der Waals surface area contributed by atoms with E-state index in [-0.39, 0.29) is 59.3 Å². The number of para-hydroxylation sites is 2. The number of phenols is 2. The normalized spacial score (nSPS) is 13.1. The number of nitrogens with zero attached hydrogens (tertiary/aromatic N) is 4. The molecular formula is C82H99N4O2PtS2Si2-. The third-order valence-electron chi connectivity index (χ3n) is 17.3. The van der Waals surface area contributed by atoms with E-state index in [1.165, 1.54) is 48.5 Å². The van der Waals surface area contributed by atoms with E-state index in [0.29, 0.717) is 5.75 Å². The largest absolute Gasteiger partial charge is 0.507 e. The Morgan fingerprint density at radius 1 is 0.409 bits per heavy atom. The maximum atomic E-state index is 11.4. The minimum absolute atomic E-state index is 0. The molecule has 490 valence electrons. The molecule has 0 saturated heterocycles. The second-order valence-electron chi connectivity index (χ2n) is 33.3. The molecule has 2 heterocycles. The van der Waals surface area contributed by atoms with Gasteiger partial charge in [-0.05, 0) is 115 Å². The smallest absolute Gasteiger partial charge is 0.128 e. The quantitative estimate of drug-likeness (QED) is 0.0811. The van der Waals surface area contributed by atoms with Gasteiger partial charge in [0.1, 0.15) is 21.5 Å². The first-order chi connectivity index (χ1) is 42.5. The molecule has 0 spiro atoms. The molecular weight excluding hydrogens is 1390 g/mol.